The molecule has 0 amide bonds. The predicted molar refractivity (Wildman–Crippen MR) is 107 cm³/mol. The maximum absolute atomic E-state index is 5.85. The summed E-state index contributed by atoms with van der Waals surface area (Å²) in [6, 6.07) is 19.6. The number of ether oxygens (including phenoxy) is 1. The van der Waals surface area contributed by atoms with Crippen LogP contribution in [0.25, 0.3) is 11.5 Å². The lowest BCUT2D eigenvalue weighted by molar-refractivity contribution is 0.224. The number of rotatable bonds is 7. The number of guanidine groups is 1. The van der Waals surface area contributed by atoms with Crippen molar-refractivity contribution in [2.75, 3.05) is 13.6 Å². The maximum atomic E-state index is 5.85. The zero-order chi connectivity index (χ0) is 18.9. The van der Waals surface area contributed by atoms with Crippen LogP contribution in [0.4, 0.5) is 0 Å². The van der Waals surface area contributed by atoms with E-state index in [1.165, 1.54) is 0 Å². The van der Waals surface area contributed by atoms with Crippen LogP contribution >= 0.6 is 0 Å². The molecule has 1 aromatic heterocycles. The first kappa shape index (κ1) is 18.5. The standard InChI is InChI=1S/C21H24N4O2/c1-16(27-19-11-7-4-8-12-19)13-23-21(22-2)24-14-18-15-26-20(25-18)17-9-5-3-6-10-17/h3-12,15-16H,13-14H2,1-2H3,(H2,22,23,24). The van der Waals surface area contributed by atoms with Crippen molar-refractivity contribution in [2.24, 2.45) is 4.99 Å². The molecule has 1 heterocycles. The average Bonchev–Trinajstić information content (AvgIpc) is 3.19. The molecule has 1 unspecified atom stereocenters. The summed E-state index contributed by atoms with van der Waals surface area (Å²) < 4.78 is 11.4. The zero-order valence-corrected chi connectivity index (χ0v) is 15.6. The quantitative estimate of drug-likeness (QED) is 0.496. The molecule has 0 saturated carbocycles. The Balaban J connectivity index is 1.46. The van der Waals surface area contributed by atoms with E-state index in [0.717, 1.165) is 17.0 Å². The number of para-hydroxylation sites is 1. The SMILES string of the molecule is CN=C(NCc1coc(-c2ccccc2)n1)NCC(C)Oc1ccccc1. The Morgan fingerprint density at radius 2 is 1.78 bits per heavy atom. The molecule has 27 heavy (non-hydrogen) atoms. The van der Waals surface area contributed by atoms with Crippen LogP contribution in [0, 0.1) is 0 Å². The highest BCUT2D eigenvalue weighted by Gasteiger charge is 2.08. The number of hydrogen-bond donors (Lipinski definition) is 2. The van der Waals surface area contributed by atoms with Gasteiger partial charge in [-0.2, -0.15) is 0 Å². The minimum atomic E-state index is 0.00248. The van der Waals surface area contributed by atoms with Crippen LogP contribution in [0.15, 0.2) is 76.3 Å². The Bertz CT molecular complexity index is 847. The Morgan fingerprint density at radius 3 is 2.48 bits per heavy atom. The third-order valence-electron chi connectivity index (χ3n) is 3.87. The van der Waals surface area contributed by atoms with Crippen LogP contribution in [0.1, 0.15) is 12.6 Å². The molecule has 3 aromatic rings. The molecular formula is C21H24N4O2. The van der Waals surface area contributed by atoms with Crippen molar-refractivity contribution in [1.29, 1.82) is 0 Å². The summed E-state index contributed by atoms with van der Waals surface area (Å²) in [6.45, 7) is 3.16. The van der Waals surface area contributed by atoms with E-state index < -0.39 is 0 Å². The first-order chi connectivity index (χ1) is 13.2. The van der Waals surface area contributed by atoms with Gasteiger partial charge in [-0.3, -0.25) is 4.99 Å². The number of hydrogen-bond acceptors (Lipinski definition) is 4. The molecule has 0 bridgehead atoms. The molecule has 2 N–H and O–H groups in total. The minimum Gasteiger partial charge on any atom is -0.489 e. The maximum Gasteiger partial charge on any atom is 0.226 e. The molecule has 0 spiro atoms. The third kappa shape index (κ3) is 5.60. The molecule has 0 radical (unpaired) electrons. The van der Waals surface area contributed by atoms with Crippen LogP contribution in [-0.4, -0.2) is 30.6 Å². The number of oxazole rings is 1. The Labute approximate surface area is 159 Å². The molecule has 0 aliphatic heterocycles. The highest BCUT2D eigenvalue weighted by molar-refractivity contribution is 5.79. The van der Waals surface area contributed by atoms with Gasteiger partial charge in [0.15, 0.2) is 5.96 Å². The molecule has 1 atom stereocenters. The van der Waals surface area contributed by atoms with E-state index in [-0.39, 0.29) is 6.10 Å². The largest absolute Gasteiger partial charge is 0.489 e. The van der Waals surface area contributed by atoms with E-state index in [9.17, 15) is 0 Å². The summed E-state index contributed by atoms with van der Waals surface area (Å²) in [7, 11) is 1.73. The molecule has 6 heteroatoms. The predicted octanol–water partition coefficient (Wildman–Crippen LogP) is 3.47. The summed E-state index contributed by atoms with van der Waals surface area (Å²) in [5.74, 6) is 2.15. The fourth-order valence-corrected chi connectivity index (χ4v) is 2.51. The van der Waals surface area contributed by atoms with Gasteiger partial charge in [-0.05, 0) is 31.2 Å². The fraction of sp³-hybridized carbons (Fsp3) is 0.238. The molecule has 6 nitrogen and oxygen atoms in total. The summed E-state index contributed by atoms with van der Waals surface area (Å²) in [5.41, 5.74) is 1.77. The zero-order valence-electron chi connectivity index (χ0n) is 15.6. The normalized spacial score (nSPS) is 12.4. The molecular weight excluding hydrogens is 340 g/mol. The summed E-state index contributed by atoms with van der Waals surface area (Å²) in [4.78, 5) is 8.73. The van der Waals surface area contributed by atoms with Crippen LogP contribution in [-0.2, 0) is 6.54 Å². The fourth-order valence-electron chi connectivity index (χ4n) is 2.51. The van der Waals surface area contributed by atoms with Crippen molar-refractivity contribution in [2.45, 2.75) is 19.6 Å². The van der Waals surface area contributed by atoms with Gasteiger partial charge in [-0.25, -0.2) is 4.98 Å². The van der Waals surface area contributed by atoms with Crippen LogP contribution in [0.5, 0.6) is 5.75 Å². The topological polar surface area (TPSA) is 71.7 Å². The summed E-state index contributed by atoms with van der Waals surface area (Å²) in [5, 5.41) is 6.48. The highest BCUT2D eigenvalue weighted by Crippen LogP contribution is 2.17. The van der Waals surface area contributed by atoms with Crippen molar-refractivity contribution in [3.8, 4) is 17.2 Å². The van der Waals surface area contributed by atoms with E-state index in [4.69, 9.17) is 9.15 Å². The molecule has 2 aromatic carbocycles. The Hall–Kier alpha value is -3.28. The van der Waals surface area contributed by atoms with Crippen LogP contribution in [0.3, 0.4) is 0 Å². The van der Waals surface area contributed by atoms with Gasteiger partial charge < -0.3 is 19.8 Å². The average molecular weight is 364 g/mol. The van der Waals surface area contributed by atoms with Gasteiger partial charge in [0.05, 0.1) is 18.8 Å². The van der Waals surface area contributed by atoms with Crippen molar-refractivity contribution in [1.82, 2.24) is 15.6 Å². The second kappa shape index (κ2) is 9.43. The van der Waals surface area contributed by atoms with Gasteiger partial charge in [-0.15, -0.1) is 0 Å². The Kier molecular flexibility index (Phi) is 6.46. The number of aromatic nitrogens is 1. The van der Waals surface area contributed by atoms with Gasteiger partial charge in [0.2, 0.25) is 5.89 Å². The van der Waals surface area contributed by atoms with Gasteiger partial charge in [-0.1, -0.05) is 36.4 Å². The second-order valence-electron chi connectivity index (χ2n) is 6.06. The number of benzene rings is 2. The van der Waals surface area contributed by atoms with E-state index >= 15 is 0 Å². The molecule has 0 fully saturated rings. The number of nitrogens with one attached hydrogen (secondary N) is 2. The first-order valence-corrected chi connectivity index (χ1v) is 8.90. The molecule has 0 aliphatic rings. The second-order valence-corrected chi connectivity index (χ2v) is 6.06. The minimum absolute atomic E-state index is 0.00248. The van der Waals surface area contributed by atoms with E-state index in [2.05, 4.69) is 20.6 Å². The van der Waals surface area contributed by atoms with E-state index in [0.29, 0.717) is 24.9 Å². The number of aliphatic imine (C=N–C) groups is 1. The summed E-state index contributed by atoms with van der Waals surface area (Å²) >= 11 is 0. The van der Waals surface area contributed by atoms with Gasteiger partial charge in [0, 0.05) is 12.6 Å². The first-order valence-electron chi connectivity index (χ1n) is 8.90. The summed E-state index contributed by atoms with van der Waals surface area (Å²) in [6.07, 6.45) is 1.66. The van der Waals surface area contributed by atoms with Crippen molar-refractivity contribution in [3.63, 3.8) is 0 Å². The third-order valence-corrected chi connectivity index (χ3v) is 3.87. The molecule has 140 valence electrons. The van der Waals surface area contributed by atoms with Gasteiger partial charge in [0.25, 0.3) is 0 Å². The monoisotopic (exact) mass is 364 g/mol. The molecule has 0 aliphatic carbocycles. The van der Waals surface area contributed by atoms with Crippen molar-refractivity contribution >= 4 is 5.96 Å². The van der Waals surface area contributed by atoms with Crippen LogP contribution in [0.2, 0.25) is 0 Å². The van der Waals surface area contributed by atoms with E-state index in [1.807, 2.05) is 67.6 Å². The Morgan fingerprint density at radius 1 is 1.07 bits per heavy atom. The lowest BCUT2D eigenvalue weighted by Gasteiger charge is -2.17. The van der Waals surface area contributed by atoms with Gasteiger partial charge >= 0.3 is 0 Å². The van der Waals surface area contributed by atoms with E-state index in [1.54, 1.807) is 13.3 Å². The van der Waals surface area contributed by atoms with Crippen molar-refractivity contribution in [3.05, 3.63) is 72.6 Å². The number of nitrogens with zero attached hydrogens (tertiary/aromatic N) is 2. The lowest BCUT2D eigenvalue weighted by Crippen LogP contribution is -2.41. The van der Waals surface area contributed by atoms with Crippen molar-refractivity contribution < 1.29 is 9.15 Å². The van der Waals surface area contributed by atoms with Crippen LogP contribution < -0.4 is 15.4 Å². The highest BCUT2D eigenvalue weighted by atomic mass is 16.5. The molecule has 0 saturated heterocycles. The molecule has 3 rings (SSSR count). The van der Waals surface area contributed by atoms with Gasteiger partial charge in [0.1, 0.15) is 18.1 Å². The smallest absolute Gasteiger partial charge is 0.226 e. The lowest BCUT2D eigenvalue weighted by atomic mass is 10.2.